The third-order valence-corrected chi connectivity index (χ3v) is 3.86. The zero-order valence-corrected chi connectivity index (χ0v) is 11.7. The highest BCUT2D eigenvalue weighted by Crippen LogP contribution is 2.38. The van der Waals surface area contributed by atoms with E-state index in [4.69, 9.17) is 16.2 Å². The van der Waals surface area contributed by atoms with Gasteiger partial charge in [0.05, 0.1) is 0 Å². The van der Waals surface area contributed by atoms with Crippen LogP contribution in [-0.4, -0.2) is 16.6 Å². The summed E-state index contributed by atoms with van der Waals surface area (Å²) >= 11 is 0. The fraction of sp³-hybridized carbons (Fsp3) is 0.714. The van der Waals surface area contributed by atoms with E-state index in [9.17, 15) is 0 Å². The highest BCUT2D eigenvalue weighted by Gasteiger charge is 2.36. The van der Waals surface area contributed by atoms with Crippen LogP contribution in [-0.2, 0) is 16.9 Å². The second-order valence-corrected chi connectivity index (χ2v) is 5.15. The van der Waals surface area contributed by atoms with Crippen LogP contribution in [0.2, 0.25) is 0 Å². The maximum absolute atomic E-state index is 6.05. The third kappa shape index (κ3) is 3.04. The van der Waals surface area contributed by atoms with E-state index in [0.29, 0.717) is 19.0 Å². The molecule has 19 heavy (non-hydrogen) atoms. The second kappa shape index (κ2) is 6.30. The molecule has 0 aromatic carbocycles. The first-order valence-electron chi connectivity index (χ1n) is 7.18. The van der Waals surface area contributed by atoms with Crippen molar-refractivity contribution in [3.8, 4) is 0 Å². The number of nitrogens with two attached hydrogens (primary N) is 2. The Balaban J connectivity index is 2.34. The Morgan fingerprint density at radius 3 is 2.47 bits per heavy atom. The lowest BCUT2D eigenvalue weighted by molar-refractivity contribution is -0.0623. The maximum atomic E-state index is 6.05. The predicted octanol–water partition coefficient (Wildman–Crippen LogP) is 2.10. The van der Waals surface area contributed by atoms with Crippen molar-refractivity contribution in [3.63, 3.8) is 0 Å². The van der Waals surface area contributed by atoms with Crippen LogP contribution in [0.1, 0.15) is 56.8 Å². The predicted molar refractivity (Wildman–Crippen MR) is 75.3 cm³/mol. The van der Waals surface area contributed by atoms with Crippen molar-refractivity contribution in [3.05, 3.63) is 17.6 Å². The van der Waals surface area contributed by atoms with Crippen molar-refractivity contribution >= 4 is 5.82 Å². The standard InChI is InChI=1S/C14H24N4O/c1-2-19-14(7-5-3-4-6-8-14)13-17-10-11(9-15)12(16)18-13/h10H,2-9,15H2,1H3,(H2,16,17,18). The molecule has 1 fully saturated rings. The minimum atomic E-state index is -0.355. The Kier molecular flexibility index (Phi) is 4.71. The molecular weight excluding hydrogens is 240 g/mol. The summed E-state index contributed by atoms with van der Waals surface area (Å²) in [7, 11) is 0. The minimum Gasteiger partial charge on any atom is -0.383 e. The Labute approximate surface area is 114 Å². The van der Waals surface area contributed by atoms with Crippen molar-refractivity contribution in [1.29, 1.82) is 0 Å². The number of ether oxygens (including phenoxy) is 1. The van der Waals surface area contributed by atoms with Crippen molar-refractivity contribution in [2.24, 2.45) is 5.73 Å². The molecular formula is C14H24N4O. The van der Waals surface area contributed by atoms with E-state index in [1.807, 2.05) is 6.92 Å². The molecule has 0 unspecified atom stereocenters. The van der Waals surface area contributed by atoms with Gasteiger partial charge in [-0.25, -0.2) is 9.97 Å². The number of aromatic nitrogens is 2. The number of hydrogen-bond donors (Lipinski definition) is 2. The van der Waals surface area contributed by atoms with Crippen molar-refractivity contribution in [1.82, 2.24) is 9.97 Å². The van der Waals surface area contributed by atoms with Crippen LogP contribution in [0.25, 0.3) is 0 Å². The molecule has 0 spiro atoms. The summed E-state index contributed by atoms with van der Waals surface area (Å²) in [4.78, 5) is 8.93. The molecule has 0 aliphatic heterocycles. The van der Waals surface area contributed by atoms with Crippen LogP contribution in [0.15, 0.2) is 6.20 Å². The summed E-state index contributed by atoms with van der Waals surface area (Å²) in [6.45, 7) is 3.06. The Hall–Kier alpha value is -1.20. The topological polar surface area (TPSA) is 87.0 Å². The smallest absolute Gasteiger partial charge is 0.162 e. The van der Waals surface area contributed by atoms with Crippen molar-refractivity contribution in [2.45, 2.75) is 57.6 Å². The molecule has 1 heterocycles. The number of nitrogens with zero attached hydrogens (tertiary/aromatic N) is 2. The van der Waals surface area contributed by atoms with E-state index >= 15 is 0 Å². The molecule has 0 radical (unpaired) electrons. The summed E-state index contributed by atoms with van der Waals surface area (Å²) in [5, 5.41) is 0. The van der Waals surface area contributed by atoms with Gasteiger partial charge in [0.2, 0.25) is 0 Å². The van der Waals surface area contributed by atoms with Gasteiger partial charge in [0.25, 0.3) is 0 Å². The van der Waals surface area contributed by atoms with Gasteiger partial charge in [-0.1, -0.05) is 25.7 Å². The molecule has 5 heteroatoms. The maximum Gasteiger partial charge on any atom is 0.162 e. The molecule has 0 saturated heterocycles. The first-order chi connectivity index (χ1) is 9.22. The molecule has 2 rings (SSSR count). The first kappa shape index (κ1) is 14.2. The van der Waals surface area contributed by atoms with Gasteiger partial charge in [0, 0.05) is 24.9 Å². The molecule has 1 aromatic rings. The lowest BCUT2D eigenvalue weighted by Gasteiger charge is -2.31. The lowest BCUT2D eigenvalue weighted by atomic mass is 9.93. The van der Waals surface area contributed by atoms with Gasteiger partial charge < -0.3 is 16.2 Å². The molecule has 106 valence electrons. The fourth-order valence-electron chi connectivity index (χ4n) is 2.81. The molecule has 1 aliphatic carbocycles. The second-order valence-electron chi connectivity index (χ2n) is 5.15. The number of hydrogen-bond acceptors (Lipinski definition) is 5. The summed E-state index contributed by atoms with van der Waals surface area (Å²) in [6, 6.07) is 0. The van der Waals surface area contributed by atoms with Crippen molar-refractivity contribution in [2.75, 3.05) is 12.3 Å². The van der Waals surface area contributed by atoms with E-state index in [-0.39, 0.29) is 5.60 Å². The fourth-order valence-corrected chi connectivity index (χ4v) is 2.81. The van der Waals surface area contributed by atoms with E-state index in [1.165, 1.54) is 12.8 Å². The summed E-state index contributed by atoms with van der Waals surface area (Å²) in [5.74, 6) is 1.21. The van der Waals surface area contributed by atoms with Gasteiger partial charge in [0.1, 0.15) is 11.4 Å². The molecule has 5 nitrogen and oxygen atoms in total. The van der Waals surface area contributed by atoms with Crippen LogP contribution in [0.5, 0.6) is 0 Å². The van der Waals surface area contributed by atoms with Gasteiger partial charge in [-0.15, -0.1) is 0 Å². The first-order valence-corrected chi connectivity index (χ1v) is 7.18. The monoisotopic (exact) mass is 264 g/mol. The van der Waals surface area contributed by atoms with Gasteiger partial charge in [-0.2, -0.15) is 0 Å². The van der Waals surface area contributed by atoms with E-state index in [2.05, 4.69) is 9.97 Å². The average Bonchev–Trinajstić information content (AvgIpc) is 2.66. The van der Waals surface area contributed by atoms with Crippen molar-refractivity contribution < 1.29 is 4.74 Å². The van der Waals surface area contributed by atoms with Gasteiger partial charge in [-0.3, -0.25) is 0 Å². The zero-order valence-electron chi connectivity index (χ0n) is 11.7. The van der Waals surface area contributed by atoms with Crippen LogP contribution < -0.4 is 11.5 Å². The van der Waals surface area contributed by atoms with Crippen LogP contribution in [0.4, 0.5) is 5.82 Å². The zero-order chi connectivity index (χ0) is 13.7. The normalized spacial score (nSPS) is 19.1. The molecule has 0 amide bonds. The number of anilines is 1. The highest BCUT2D eigenvalue weighted by molar-refractivity contribution is 5.38. The van der Waals surface area contributed by atoms with E-state index in [0.717, 1.165) is 37.1 Å². The molecule has 1 aromatic heterocycles. The van der Waals surface area contributed by atoms with Crippen LogP contribution >= 0.6 is 0 Å². The highest BCUT2D eigenvalue weighted by atomic mass is 16.5. The van der Waals surface area contributed by atoms with Gasteiger partial charge in [-0.05, 0) is 19.8 Å². The summed E-state index contributed by atoms with van der Waals surface area (Å²) in [6.07, 6.45) is 8.51. The molecule has 0 bridgehead atoms. The van der Waals surface area contributed by atoms with Crippen LogP contribution in [0.3, 0.4) is 0 Å². The Bertz CT molecular complexity index is 414. The Morgan fingerprint density at radius 2 is 1.95 bits per heavy atom. The third-order valence-electron chi connectivity index (χ3n) is 3.86. The SMILES string of the molecule is CCOC1(c2ncc(CN)c(N)n2)CCCCCC1. The largest absolute Gasteiger partial charge is 0.383 e. The number of rotatable bonds is 4. The summed E-state index contributed by atoms with van der Waals surface area (Å²) in [5.41, 5.74) is 12.0. The van der Waals surface area contributed by atoms with E-state index < -0.39 is 0 Å². The molecule has 0 atom stereocenters. The van der Waals surface area contributed by atoms with Crippen LogP contribution in [0, 0.1) is 0 Å². The lowest BCUT2D eigenvalue weighted by Crippen LogP contribution is -2.32. The minimum absolute atomic E-state index is 0.355. The Morgan fingerprint density at radius 1 is 1.26 bits per heavy atom. The quantitative estimate of drug-likeness (QED) is 0.813. The van der Waals surface area contributed by atoms with Gasteiger partial charge in [0.15, 0.2) is 5.82 Å². The average molecular weight is 264 g/mol. The molecule has 1 saturated carbocycles. The molecule has 4 N–H and O–H groups in total. The molecule has 1 aliphatic rings. The summed E-state index contributed by atoms with van der Waals surface area (Å²) < 4.78 is 6.05. The number of nitrogen functional groups attached to an aromatic ring is 1. The van der Waals surface area contributed by atoms with Gasteiger partial charge >= 0.3 is 0 Å². The van der Waals surface area contributed by atoms with E-state index in [1.54, 1.807) is 6.20 Å².